The topological polar surface area (TPSA) is 109 Å². The molecule has 0 spiro atoms. The van der Waals surface area contributed by atoms with Crippen LogP contribution in [0.1, 0.15) is 33.4 Å². The first-order valence-electron chi connectivity index (χ1n) is 9.89. The molecule has 0 unspecified atom stereocenters. The molecular formula is C23H20N2O7. The third-order valence-electron chi connectivity index (χ3n) is 4.38. The molecule has 9 nitrogen and oxygen atoms in total. The number of rotatable bonds is 7. The van der Waals surface area contributed by atoms with Gasteiger partial charge in [-0.05, 0) is 61.0 Å². The largest absolute Gasteiger partial charge is 0.490 e. The van der Waals surface area contributed by atoms with E-state index in [-0.39, 0.29) is 11.5 Å². The van der Waals surface area contributed by atoms with Gasteiger partial charge in [0.2, 0.25) is 5.76 Å². The van der Waals surface area contributed by atoms with Crippen molar-refractivity contribution in [3.05, 3.63) is 71.7 Å². The molecule has 1 N–H and O–H groups in total. The molecule has 1 aliphatic rings. The maximum Gasteiger partial charge on any atom is 0.379 e. The Morgan fingerprint density at radius 3 is 2.69 bits per heavy atom. The summed E-state index contributed by atoms with van der Waals surface area (Å²) in [5, 5.41) is 3.99. The van der Waals surface area contributed by atoms with Crippen molar-refractivity contribution < 1.29 is 33.0 Å². The molecule has 0 aliphatic carbocycles. The van der Waals surface area contributed by atoms with Crippen molar-refractivity contribution in [2.75, 3.05) is 19.8 Å². The van der Waals surface area contributed by atoms with Crippen LogP contribution in [-0.4, -0.2) is 37.9 Å². The van der Waals surface area contributed by atoms with Crippen LogP contribution in [0.3, 0.4) is 0 Å². The molecule has 2 heterocycles. The van der Waals surface area contributed by atoms with E-state index < -0.39 is 11.9 Å². The van der Waals surface area contributed by atoms with Gasteiger partial charge < -0.3 is 23.4 Å². The Morgan fingerprint density at radius 1 is 1.06 bits per heavy atom. The summed E-state index contributed by atoms with van der Waals surface area (Å²) in [6.07, 6.45) is 2.84. The van der Waals surface area contributed by atoms with Crippen LogP contribution in [0.5, 0.6) is 23.0 Å². The monoisotopic (exact) mass is 436 g/mol. The zero-order chi connectivity index (χ0) is 22.3. The first kappa shape index (κ1) is 21.0. The minimum atomic E-state index is -0.635. The van der Waals surface area contributed by atoms with E-state index in [1.807, 2.05) is 6.92 Å². The summed E-state index contributed by atoms with van der Waals surface area (Å²) in [7, 11) is 0. The number of nitrogens with zero attached hydrogens (tertiary/aromatic N) is 1. The number of ether oxygens (including phenoxy) is 4. The van der Waals surface area contributed by atoms with E-state index in [9.17, 15) is 9.59 Å². The molecule has 0 saturated carbocycles. The van der Waals surface area contributed by atoms with Crippen LogP contribution < -0.4 is 24.4 Å². The predicted molar refractivity (Wildman–Crippen MR) is 114 cm³/mol. The molecule has 3 aromatic rings. The molecule has 1 amide bonds. The lowest BCUT2D eigenvalue weighted by Gasteiger charge is -2.18. The first-order chi connectivity index (χ1) is 15.6. The van der Waals surface area contributed by atoms with E-state index in [1.165, 1.54) is 18.5 Å². The fourth-order valence-corrected chi connectivity index (χ4v) is 2.92. The molecule has 9 heteroatoms. The smallest absolute Gasteiger partial charge is 0.379 e. The van der Waals surface area contributed by atoms with Crippen molar-refractivity contribution in [2.24, 2.45) is 5.10 Å². The Morgan fingerprint density at radius 2 is 1.91 bits per heavy atom. The molecule has 0 saturated heterocycles. The molecule has 4 rings (SSSR count). The average molecular weight is 436 g/mol. The van der Waals surface area contributed by atoms with E-state index in [0.717, 1.165) is 0 Å². The maximum absolute atomic E-state index is 12.4. The summed E-state index contributed by atoms with van der Waals surface area (Å²) in [5.74, 6) is 0.776. The van der Waals surface area contributed by atoms with Gasteiger partial charge in [-0.25, -0.2) is 10.2 Å². The molecule has 1 aromatic heterocycles. The van der Waals surface area contributed by atoms with Crippen LogP contribution in [0.2, 0.25) is 0 Å². The first-order valence-corrected chi connectivity index (χ1v) is 9.89. The summed E-state index contributed by atoms with van der Waals surface area (Å²) < 4.78 is 26.9. The van der Waals surface area contributed by atoms with Crippen molar-refractivity contribution in [3.8, 4) is 23.0 Å². The second-order valence-electron chi connectivity index (χ2n) is 6.56. The van der Waals surface area contributed by atoms with Gasteiger partial charge in [0.15, 0.2) is 23.0 Å². The van der Waals surface area contributed by atoms with Crippen LogP contribution in [0.15, 0.2) is 64.3 Å². The van der Waals surface area contributed by atoms with Gasteiger partial charge >= 0.3 is 5.97 Å². The Labute approximate surface area is 183 Å². The Bertz CT molecular complexity index is 1140. The molecule has 32 heavy (non-hydrogen) atoms. The number of benzene rings is 2. The highest BCUT2D eigenvalue weighted by Gasteiger charge is 2.16. The third-order valence-corrected chi connectivity index (χ3v) is 4.38. The van der Waals surface area contributed by atoms with Gasteiger partial charge in [-0.3, -0.25) is 4.79 Å². The lowest BCUT2D eigenvalue weighted by molar-refractivity contribution is 0.0695. The molecule has 0 radical (unpaired) electrons. The number of nitrogens with one attached hydrogen (secondary N) is 1. The normalized spacial score (nSPS) is 12.4. The highest BCUT2D eigenvalue weighted by Crippen LogP contribution is 2.31. The summed E-state index contributed by atoms with van der Waals surface area (Å²) in [6.45, 7) is 3.10. The van der Waals surface area contributed by atoms with Gasteiger partial charge in [-0.2, -0.15) is 5.10 Å². The van der Waals surface area contributed by atoms with Crippen LogP contribution in [0, 0.1) is 0 Å². The summed E-state index contributed by atoms with van der Waals surface area (Å²) in [5.41, 5.74) is 3.49. The van der Waals surface area contributed by atoms with Crippen molar-refractivity contribution in [2.45, 2.75) is 6.92 Å². The van der Waals surface area contributed by atoms with Gasteiger partial charge in [0.1, 0.15) is 13.2 Å². The number of furan rings is 1. The number of amides is 1. The van der Waals surface area contributed by atoms with Gasteiger partial charge in [0.05, 0.1) is 19.1 Å². The minimum absolute atomic E-state index is 0.0833. The van der Waals surface area contributed by atoms with Crippen molar-refractivity contribution >= 4 is 18.1 Å². The van der Waals surface area contributed by atoms with E-state index >= 15 is 0 Å². The number of carbonyl (C=O) groups excluding carboxylic acids is 2. The van der Waals surface area contributed by atoms with Crippen LogP contribution in [-0.2, 0) is 0 Å². The molecule has 0 bridgehead atoms. The Balaban J connectivity index is 1.42. The number of fused-ring (bicyclic) bond motifs is 1. The van der Waals surface area contributed by atoms with Crippen molar-refractivity contribution in [1.29, 1.82) is 0 Å². The van der Waals surface area contributed by atoms with E-state index in [1.54, 1.807) is 42.5 Å². The van der Waals surface area contributed by atoms with Gasteiger partial charge in [0.25, 0.3) is 5.91 Å². The molecule has 1 aliphatic heterocycles. The van der Waals surface area contributed by atoms with Gasteiger partial charge in [-0.1, -0.05) is 0 Å². The molecule has 2 aromatic carbocycles. The Kier molecular flexibility index (Phi) is 6.35. The van der Waals surface area contributed by atoms with Gasteiger partial charge in [-0.15, -0.1) is 0 Å². The second-order valence-corrected chi connectivity index (χ2v) is 6.56. The summed E-state index contributed by atoms with van der Waals surface area (Å²) in [6, 6.07) is 12.9. The fourth-order valence-electron chi connectivity index (χ4n) is 2.92. The third kappa shape index (κ3) is 4.89. The fraction of sp³-hybridized carbons (Fsp3) is 0.174. The van der Waals surface area contributed by atoms with Crippen LogP contribution in [0.25, 0.3) is 0 Å². The lowest BCUT2D eigenvalue weighted by atomic mass is 10.2. The lowest BCUT2D eigenvalue weighted by Crippen LogP contribution is -2.19. The second kappa shape index (κ2) is 9.69. The molecular weight excluding hydrogens is 416 g/mol. The standard InChI is InChI=1S/C23H20N2O7/c1-2-28-20-12-15(5-7-18(20)32-23(27)19-4-3-9-29-19)14-24-25-22(26)16-6-8-17-21(13-16)31-11-10-30-17/h3-9,12-14H,2,10-11H2,1H3,(H,25,26)/b24-14+. The van der Waals surface area contributed by atoms with Crippen LogP contribution >= 0.6 is 0 Å². The minimum Gasteiger partial charge on any atom is -0.490 e. The number of hydrogen-bond acceptors (Lipinski definition) is 8. The maximum atomic E-state index is 12.4. The zero-order valence-corrected chi connectivity index (χ0v) is 17.2. The number of esters is 1. The van der Waals surface area contributed by atoms with Crippen LogP contribution in [0.4, 0.5) is 0 Å². The van der Waals surface area contributed by atoms with Gasteiger partial charge in [0, 0.05) is 5.56 Å². The van der Waals surface area contributed by atoms with Crippen molar-refractivity contribution in [1.82, 2.24) is 5.43 Å². The highest BCUT2D eigenvalue weighted by molar-refractivity contribution is 5.95. The average Bonchev–Trinajstić information content (AvgIpc) is 3.36. The number of hydrogen-bond donors (Lipinski definition) is 1. The molecule has 0 fully saturated rings. The molecule has 164 valence electrons. The van der Waals surface area contributed by atoms with E-state index in [4.69, 9.17) is 23.4 Å². The zero-order valence-electron chi connectivity index (χ0n) is 17.2. The van der Waals surface area contributed by atoms with E-state index in [2.05, 4.69) is 10.5 Å². The SMILES string of the molecule is CCOc1cc(/C=N/NC(=O)c2ccc3c(c2)OCCO3)ccc1OC(=O)c1ccco1. The number of carbonyl (C=O) groups is 2. The summed E-state index contributed by atoms with van der Waals surface area (Å²) >= 11 is 0. The Hall–Kier alpha value is -4.27. The summed E-state index contributed by atoms with van der Waals surface area (Å²) in [4.78, 5) is 24.5. The molecule has 0 atom stereocenters. The number of hydrazone groups is 1. The quantitative estimate of drug-likeness (QED) is 0.262. The van der Waals surface area contributed by atoms with Crippen molar-refractivity contribution in [3.63, 3.8) is 0 Å². The van der Waals surface area contributed by atoms with E-state index in [0.29, 0.717) is 48.2 Å². The predicted octanol–water partition coefficient (Wildman–Crippen LogP) is 3.43. The highest BCUT2D eigenvalue weighted by atomic mass is 16.6.